The highest BCUT2D eigenvalue weighted by atomic mass is 16.3. The molecule has 1 unspecified atom stereocenters. The Morgan fingerprint density at radius 2 is 0.760 bits per heavy atom. The zero-order chi connectivity index (χ0) is 36.8. The Morgan fingerprint density at radius 3 is 1.08 bits per heavy atom. The Hall–Kier alpha value is -1.44. The molecule has 0 heterocycles. The molecule has 0 fully saturated rings. The molecule has 0 aliphatic carbocycles. The van der Waals surface area contributed by atoms with E-state index in [4.69, 9.17) is 0 Å². The molecule has 7 nitrogen and oxygen atoms in total. The molecule has 1 atom stereocenters. The van der Waals surface area contributed by atoms with Crippen LogP contribution in [0.15, 0.2) is 12.2 Å². The maximum atomic E-state index is 13.1. The van der Waals surface area contributed by atoms with Gasteiger partial charge in [-0.15, -0.1) is 0 Å². The third kappa shape index (κ3) is 32.5. The highest BCUT2D eigenvalue weighted by Gasteiger charge is 2.21. The second kappa shape index (κ2) is 38.8. The van der Waals surface area contributed by atoms with E-state index >= 15 is 0 Å². The van der Waals surface area contributed by atoms with Gasteiger partial charge in [-0.25, -0.2) is 0 Å². The number of unbranched alkanes of at least 4 members (excludes halogenated alkanes) is 23. The van der Waals surface area contributed by atoms with E-state index in [1.807, 2.05) is 0 Å². The Bertz CT molecular complexity index is 762. The van der Waals surface area contributed by atoms with Crippen LogP contribution in [0, 0.1) is 0 Å². The first-order valence-corrected chi connectivity index (χ1v) is 21.6. The molecule has 50 heavy (non-hydrogen) atoms. The summed E-state index contributed by atoms with van der Waals surface area (Å²) in [5.41, 5.74) is 0. The summed E-state index contributed by atoms with van der Waals surface area (Å²) >= 11 is 0. The summed E-state index contributed by atoms with van der Waals surface area (Å²) < 4.78 is 0. The van der Waals surface area contributed by atoms with Gasteiger partial charge in [0.05, 0.1) is 6.10 Å². The van der Waals surface area contributed by atoms with Crippen molar-refractivity contribution in [3.63, 3.8) is 0 Å². The van der Waals surface area contributed by atoms with Crippen LogP contribution in [-0.2, 0) is 9.59 Å². The van der Waals surface area contributed by atoms with Gasteiger partial charge in [0.1, 0.15) is 0 Å². The van der Waals surface area contributed by atoms with Crippen molar-refractivity contribution in [3.05, 3.63) is 12.2 Å². The largest absolute Gasteiger partial charge is 0.396 e. The summed E-state index contributed by atoms with van der Waals surface area (Å²) in [7, 11) is 0. The van der Waals surface area contributed by atoms with Gasteiger partial charge < -0.3 is 25.1 Å². The van der Waals surface area contributed by atoms with Crippen molar-refractivity contribution in [2.75, 3.05) is 39.4 Å². The Kier molecular flexibility index (Phi) is 37.7. The number of allylic oxidation sites excluding steroid dienone is 2. The molecule has 0 bridgehead atoms. The second-order valence-electron chi connectivity index (χ2n) is 14.8. The molecular weight excluding hydrogens is 624 g/mol. The van der Waals surface area contributed by atoms with Gasteiger partial charge in [-0.3, -0.25) is 9.59 Å². The molecule has 7 heteroatoms. The third-order valence-electron chi connectivity index (χ3n) is 9.89. The number of amides is 2. The van der Waals surface area contributed by atoms with Crippen LogP contribution in [0.2, 0.25) is 0 Å². The van der Waals surface area contributed by atoms with E-state index in [9.17, 15) is 24.9 Å². The number of hydrogen-bond donors (Lipinski definition) is 3. The molecule has 0 radical (unpaired) electrons. The van der Waals surface area contributed by atoms with Crippen molar-refractivity contribution in [1.29, 1.82) is 0 Å². The van der Waals surface area contributed by atoms with Gasteiger partial charge >= 0.3 is 0 Å². The Balaban J connectivity index is 4.30. The monoisotopic (exact) mass is 709 g/mol. The van der Waals surface area contributed by atoms with Gasteiger partial charge in [0.2, 0.25) is 11.8 Å². The molecule has 0 aromatic heterocycles. The van der Waals surface area contributed by atoms with Crippen LogP contribution >= 0.6 is 0 Å². The van der Waals surface area contributed by atoms with E-state index in [-0.39, 0.29) is 38.1 Å². The summed E-state index contributed by atoms with van der Waals surface area (Å²) in [6.45, 7) is 5.64. The average molecular weight is 709 g/mol. The molecule has 0 aliphatic heterocycles. The maximum absolute atomic E-state index is 13.1. The van der Waals surface area contributed by atoms with Crippen LogP contribution in [0.1, 0.15) is 206 Å². The summed E-state index contributed by atoms with van der Waals surface area (Å²) in [6, 6.07) is 0. The Morgan fingerprint density at radius 1 is 0.460 bits per heavy atom. The molecule has 0 saturated carbocycles. The van der Waals surface area contributed by atoms with Crippen LogP contribution < -0.4 is 0 Å². The molecule has 0 saturated heterocycles. The first kappa shape index (κ1) is 48.6. The molecule has 3 N–H and O–H groups in total. The summed E-state index contributed by atoms with van der Waals surface area (Å²) in [5.74, 6) is 0.0254. The zero-order valence-electron chi connectivity index (χ0n) is 33.2. The lowest BCUT2D eigenvalue weighted by molar-refractivity contribution is -0.135. The fourth-order valence-electron chi connectivity index (χ4n) is 6.68. The van der Waals surface area contributed by atoms with Crippen LogP contribution in [0.25, 0.3) is 0 Å². The predicted octanol–water partition coefficient (Wildman–Crippen LogP) is 10.3. The van der Waals surface area contributed by atoms with Gasteiger partial charge in [0, 0.05) is 52.2 Å². The van der Waals surface area contributed by atoms with Crippen molar-refractivity contribution in [2.45, 2.75) is 213 Å². The normalized spacial score (nSPS) is 12.2. The molecule has 2 amide bonds. The topological polar surface area (TPSA) is 101 Å². The van der Waals surface area contributed by atoms with E-state index in [0.717, 1.165) is 44.9 Å². The molecule has 296 valence electrons. The first-order chi connectivity index (χ1) is 24.5. The quantitative estimate of drug-likeness (QED) is 0.0436. The highest BCUT2D eigenvalue weighted by Crippen LogP contribution is 2.15. The lowest BCUT2D eigenvalue weighted by atomic mass is 10.0. The van der Waals surface area contributed by atoms with Crippen molar-refractivity contribution in [1.82, 2.24) is 9.80 Å². The van der Waals surface area contributed by atoms with Gasteiger partial charge in [0.25, 0.3) is 0 Å². The number of carbonyl (C=O) groups is 2. The minimum absolute atomic E-state index is 0.00428. The third-order valence-corrected chi connectivity index (χ3v) is 9.89. The summed E-state index contributed by atoms with van der Waals surface area (Å²) in [4.78, 5) is 29.5. The minimum atomic E-state index is -0.860. The number of hydrogen-bond acceptors (Lipinski definition) is 5. The molecule has 0 spiro atoms. The smallest absolute Gasteiger partial charge is 0.222 e. The van der Waals surface area contributed by atoms with E-state index < -0.39 is 6.10 Å². The summed E-state index contributed by atoms with van der Waals surface area (Å²) in [5, 5.41) is 29.8. The Labute approximate surface area is 310 Å². The van der Waals surface area contributed by atoms with Crippen molar-refractivity contribution in [3.8, 4) is 0 Å². The number of aliphatic hydroxyl groups is 3. The number of carbonyl (C=O) groups excluding carboxylic acids is 2. The second-order valence-corrected chi connectivity index (χ2v) is 14.8. The molecule has 0 aromatic rings. The average Bonchev–Trinajstić information content (AvgIpc) is 3.11. The van der Waals surface area contributed by atoms with E-state index in [1.54, 1.807) is 9.80 Å². The molecule has 0 rings (SSSR count). The maximum Gasteiger partial charge on any atom is 0.222 e. The molecule has 0 aliphatic rings. The van der Waals surface area contributed by atoms with Gasteiger partial charge in [-0.05, 0) is 51.4 Å². The van der Waals surface area contributed by atoms with Crippen molar-refractivity contribution in [2.24, 2.45) is 0 Å². The lowest BCUT2D eigenvalue weighted by Gasteiger charge is -2.29. The predicted molar refractivity (Wildman–Crippen MR) is 212 cm³/mol. The number of nitrogens with zero attached hydrogens (tertiary/aromatic N) is 2. The minimum Gasteiger partial charge on any atom is -0.396 e. The first-order valence-electron chi connectivity index (χ1n) is 21.6. The van der Waals surface area contributed by atoms with Crippen LogP contribution in [0.5, 0.6) is 0 Å². The van der Waals surface area contributed by atoms with Crippen LogP contribution in [0.3, 0.4) is 0 Å². The van der Waals surface area contributed by atoms with Crippen LogP contribution in [-0.4, -0.2) is 82.4 Å². The number of rotatable bonds is 39. The van der Waals surface area contributed by atoms with Crippen molar-refractivity contribution >= 4 is 11.8 Å². The standard InChI is InChI=1S/C43H84N2O5/c1-3-5-7-9-11-13-15-17-18-20-22-24-26-28-30-34-43(50)45(36-32-38-47)40-41(48)39-44(35-31-37-46)42(49)33-29-27-25-23-21-19-16-14-12-10-8-6-4-2/h17-18,41,46-48H,3-16,19-40H2,1-2H3/b18-17-. The fraction of sp³-hybridized carbons (Fsp3) is 0.907. The van der Waals surface area contributed by atoms with E-state index in [1.165, 1.54) is 122 Å². The number of aliphatic hydroxyl groups excluding tert-OH is 3. The summed E-state index contributed by atoms with van der Waals surface area (Å²) in [6.07, 6.45) is 37.8. The van der Waals surface area contributed by atoms with E-state index in [2.05, 4.69) is 26.0 Å². The van der Waals surface area contributed by atoms with Crippen molar-refractivity contribution < 1.29 is 24.9 Å². The fourth-order valence-corrected chi connectivity index (χ4v) is 6.68. The highest BCUT2D eigenvalue weighted by molar-refractivity contribution is 5.77. The SMILES string of the molecule is CCCCCCCC/C=C\CCCCCCCC(=O)N(CCCO)CC(O)CN(CCCO)C(=O)CCCCCCCCCCCCCCC. The zero-order valence-corrected chi connectivity index (χ0v) is 33.2. The lowest BCUT2D eigenvalue weighted by Crippen LogP contribution is -2.45. The van der Waals surface area contributed by atoms with Gasteiger partial charge in [0.15, 0.2) is 0 Å². The van der Waals surface area contributed by atoms with Gasteiger partial charge in [-0.1, -0.05) is 154 Å². The van der Waals surface area contributed by atoms with Gasteiger partial charge in [-0.2, -0.15) is 0 Å². The molecule has 0 aromatic carbocycles. The molecular formula is C43H84N2O5. The van der Waals surface area contributed by atoms with E-state index in [0.29, 0.717) is 38.8 Å². The van der Waals surface area contributed by atoms with Crippen LogP contribution in [0.4, 0.5) is 0 Å².